The van der Waals surface area contributed by atoms with Gasteiger partial charge in [-0.25, -0.2) is 0 Å². The maximum atomic E-state index is 5.66. The van der Waals surface area contributed by atoms with Crippen LogP contribution in [0.15, 0.2) is 16.6 Å². The molecule has 0 aromatic heterocycles. The van der Waals surface area contributed by atoms with E-state index in [2.05, 4.69) is 15.9 Å². The molecule has 0 aliphatic heterocycles. The van der Waals surface area contributed by atoms with Crippen molar-refractivity contribution in [3.05, 3.63) is 22.2 Å². The minimum Gasteiger partial charge on any atom is -0.493 e. The fourth-order valence-corrected chi connectivity index (χ4v) is 1.95. The smallest absolute Gasteiger partial charge is 0.162 e. The van der Waals surface area contributed by atoms with Gasteiger partial charge in [0, 0.05) is 4.47 Å². The summed E-state index contributed by atoms with van der Waals surface area (Å²) in [6.45, 7) is 4.59. The molecule has 3 nitrogen and oxygen atoms in total. The van der Waals surface area contributed by atoms with Crippen LogP contribution >= 0.6 is 15.9 Å². The van der Waals surface area contributed by atoms with Crippen molar-refractivity contribution >= 4 is 15.9 Å². The van der Waals surface area contributed by atoms with Crippen LogP contribution in [0.25, 0.3) is 0 Å². The average molecular weight is 288 g/mol. The van der Waals surface area contributed by atoms with Crippen LogP contribution in [0.4, 0.5) is 0 Å². The van der Waals surface area contributed by atoms with E-state index in [0.29, 0.717) is 6.54 Å². The van der Waals surface area contributed by atoms with Gasteiger partial charge in [-0.2, -0.15) is 0 Å². The molecule has 1 aromatic rings. The molecule has 1 aromatic carbocycles. The van der Waals surface area contributed by atoms with Crippen molar-refractivity contribution in [1.82, 2.24) is 0 Å². The second-order valence-electron chi connectivity index (χ2n) is 3.80. The average Bonchev–Trinajstić information content (AvgIpc) is 2.21. The van der Waals surface area contributed by atoms with Crippen LogP contribution in [0.3, 0.4) is 0 Å². The van der Waals surface area contributed by atoms with E-state index in [-0.39, 0.29) is 6.10 Å². The second-order valence-corrected chi connectivity index (χ2v) is 4.65. The molecule has 0 aliphatic carbocycles. The van der Waals surface area contributed by atoms with E-state index in [1.807, 2.05) is 26.0 Å². The first-order chi connectivity index (χ1) is 7.58. The largest absolute Gasteiger partial charge is 0.493 e. The first-order valence-corrected chi connectivity index (χ1v) is 6.11. The molecule has 4 heteroatoms. The fraction of sp³-hybridized carbons (Fsp3) is 0.500. The fourth-order valence-electron chi connectivity index (χ4n) is 1.43. The third-order valence-electron chi connectivity index (χ3n) is 2.11. The molecule has 0 saturated heterocycles. The number of halogens is 1. The monoisotopic (exact) mass is 287 g/mol. The molecule has 0 bridgehead atoms. The van der Waals surface area contributed by atoms with Crippen molar-refractivity contribution in [2.45, 2.75) is 26.4 Å². The Morgan fingerprint density at radius 1 is 1.31 bits per heavy atom. The van der Waals surface area contributed by atoms with Crippen LogP contribution in [0, 0.1) is 0 Å². The summed E-state index contributed by atoms with van der Waals surface area (Å²) in [7, 11) is 1.64. The third-order valence-corrected chi connectivity index (χ3v) is 2.85. The molecule has 0 spiro atoms. The summed E-state index contributed by atoms with van der Waals surface area (Å²) in [6.07, 6.45) is 0.944. The number of nitrogens with two attached hydrogens (primary N) is 1. The molecule has 0 aliphatic rings. The van der Waals surface area contributed by atoms with E-state index in [1.54, 1.807) is 7.11 Å². The molecule has 0 fully saturated rings. The summed E-state index contributed by atoms with van der Waals surface area (Å²) < 4.78 is 12.0. The van der Waals surface area contributed by atoms with Crippen LogP contribution in [0.1, 0.15) is 19.4 Å². The van der Waals surface area contributed by atoms with Crippen LogP contribution in [0.5, 0.6) is 11.5 Å². The highest BCUT2D eigenvalue weighted by molar-refractivity contribution is 9.10. The Labute approximate surface area is 105 Å². The van der Waals surface area contributed by atoms with Gasteiger partial charge in [0.2, 0.25) is 0 Å². The Kier molecular flexibility index (Phi) is 5.09. The van der Waals surface area contributed by atoms with Crippen LogP contribution in [0.2, 0.25) is 0 Å². The van der Waals surface area contributed by atoms with Crippen LogP contribution in [-0.4, -0.2) is 19.8 Å². The van der Waals surface area contributed by atoms with Crippen molar-refractivity contribution in [3.8, 4) is 11.5 Å². The zero-order valence-electron chi connectivity index (χ0n) is 9.92. The quantitative estimate of drug-likeness (QED) is 0.906. The second kappa shape index (κ2) is 6.11. The van der Waals surface area contributed by atoms with Crippen LogP contribution in [-0.2, 0) is 6.42 Å². The topological polar surface area (TPSA) is 44.5 Å². The molecule has 1 rings (SSSR count). The molecule has 0 unspecified atom stereocenters. The van der Waals surface area contributed by atoms with Crippen LogP contribution < -0.4 is 15.2 Å². The number of ether oxygens (including phenoxy) is 2. The molecular weight excluding hydrogens is 270 g/mol. The van der Waals surface area contributed by atoms with E-state index in [1.165, 1.54) is 0 Å². The number of methoxy groups -OCH3 is 1. The van der Waals surface area contributed by atoms with Gasteiger partial charge in [0.25, 0.3) is 0 Å². The molecule has 0 radical (unpaired) electrons. The van der Waals surface area contributed by atoms with Gasteiger partial charge in [0.1, 0.15) is 0 Å². The Morgan fingerprint density at radius 3 is 2.50 bits per heavy atom. The third kappa shape index (κ3) is 3.39. The van der Waals surface area contributed by atoms with Gasteiger partial charge in [0.15, 0.2) is 11.5 Å². The van der Waals surface area contributed by atoms with Crippen molar-refractivity contribution < 1.29 is 9.47 Å². The Hall–Kier alpha value is -0.740. The van der Waals surface area contributed by atoms with Gasteiger partial charge in [-0.3, -0.25) is 0 Å². The molecule has 90 valence electrons. The maximum absolute atomic E-state index is 5.66. The van der Waals surface area contributed by atoms with E-state index in [4.69, 9.17) is 15.2 Å². The normalized spacial score (nSPS) is 10.6. The maximum Gasteiger partial charge on any atom is 0.162 e. The van der Waals surface area contributed by atoms with Gasteiger partial charge in [-0.1, -0.05) is 15.9 Å². The Balaban J connectivity index is 3.05. The molecule has 0 saturated carbocycles. The molecule has 0 amide bonds. The molecule has 2 N–H and O–H groups in total. The number of benzene rings is 1. The SMILES string of the molecule is COc1cc(CCN)c(Br)cc1OC(C)C. The number of hydrogen-bond donors (Lipinski definition) is 1. The van der Waals surface area contributed by atoms with E-state index >= 15 is 0 Å². The van der Waals surface area contributed by atoms with Crippen molar-refractivity contribution in [2.75, 3.05) is 13.7 Å². The minimum atomic E-state index is 0.126. The lowest BCUT2D eigenvalue weighted by Gasteiger charge is -2.15. The van der Waals surface area contributed by atoms with E-state index < -0.39 is 0 Å². The first kappa shape index (κ1) is 13.3. The predicted molar refractivity (Wildman–Crippen MR) is 69.2 cm³/mol. The van der Waals surface area contributed by atoms with E-state index in [9.17, 15) is 0 Å². The van der Waals surface area contributed by atoms with Gasteiger partial charge < -0.3 is 15.2 Å². The summed E-state index contributed by atoms with van der Waals surface area (Å²) in [4.78, 5) is 0. The minimum absolute atomic E-state index is 0.126. The zero-order chi connectivity index (χ0) is 12.1. The summed E-state index contributed by atoms with van der Waals surface area (Å²) in [6, 6.07) is 3.90. The van der Waals surface area contributed by atoms with Crippen molar-refractivity contribution in [2.24, 2.45) is 5.73 Å². The number of hydrogen-bond acceptors (Lipinski definition) is 3. The zero-order valence-corrected chi connectivity index (χ0v) is 11.5. The summed E-state index contributed by atoms with van der Waals surface area (Å²) in [5.74, 6) is 1.51. The standard InChI is InChI=1S/C12H18BrNO2/c1-8(2)16-12-7-10(13)9(4-5-14)6-11(12)15-3/h6-8H,4-5,14H2,1-3H3. The highest BCUT2D eigenvalue weighted by Crippen LogP contribution is 2.34. The Bertz CT molecular complexity index is 353. The first-order valence-electron chi connectivity index (χ1n) is 5.31. The number of rotatable bonds is 5. The van der Waals surface area contributed by atoms with Crippen molar-refractivity contribution in [1.29, 1.82) is 0 Å². The molecule has 0 atom stereocenters. The summed E-state index contributed by atoms with van der Waals surface area (Å²) in [5.41, 5.74) is 6.68. The van der Waals surface area contributed by atoms with Gasteiger partial charge >= 0.3 is 0 Å². The van der Waals surface area contributed by atoms with Gasteiger partial charge in [-0.05, 0) is 44.5 Å². The molecule has 16 heavy (non-hydrogen) atoms. The van der Waals surface area contributed by atoms with Crippen molar-refractivity contribution in [3.63, 3.8) is 0 Å². The molecular formula is C12H18BrNO2. The van der Waals surface area contributed by atoms with E-state index in [0.717, 1.165) is 28.0 Å². The molecule has 0 heterocycles. The highest BCUT2D eigenvalue weighted by Gasteiger charge is 2.10. The lowest BCUT2D eigenvalue weighted by molar-refractivity contribution is 0.230. The predicted octanol–water partition coefficient (Wildman–Crippen LogP) is 2.75. The lowest BCUT2D eigenvalue weighted by atomic mass is 10.1. The summed E-state index contributed by atoms with van der Waals surface area (Å²) >= 11 is 3.51. The van der Waals surface area contributed by atoms with Gasteiger partial charge in [-0.15, -0.1) is 0 Å². The van der Waals surface area contributed by atoms with Gasteiger partial charge in [0.05, 0.1) is 13.2 Å². The lowest BCUT2D eigenvalue weighted by Crippen LogP contribution is -2.08. The Morgan fingerprint density at radius 2 is 2.00 bits per heavy atom. The summed E-state index contributed by atoms with van der Waals surface area (Å²) in [5, 5.41) is 0. The highest BCUT2D eigenvalue weighted by atomic mass is 79.9.